The van der Waals surface area contributed by atoms with Gasteiger partial charge in [-0.1, -0.05) is 26.0 Å². The molecular weight excluding hydrogens is 376 g/mol. The van der Waals surface area contributed by atoms with Crippen molar-refractivity contribution in [1.29, 1.82) is 5.26 Å². The summed E-state index contributed by atoms with van der Waals surface area (Å²) in [6.45, 7) is 8.27. The Balaban J connectivity index is 1.64. The molecule has 158 valence electrons. The lowest BCUT2D eigenvalue weighted by Crippen LogP contribution is -2.35. The van der Waals surface area contributed by atoms with Crippen molar-refractivity contribution in [2.45, 2.75) is 51.4 Å². The van der Waals surface area contributed by atoms with Gasteiger partial charge in [-0.15, -0.1) is 0 Å². The number of piperidine rings is 1. The number of anilines is 1. The molecule has 6 heteroatoms. The Morgan fingerprint density at radius 2 is 2.07 bits per heavy atom. The van der Waals surface area contributed by atoms with E-state index < -0.39 is 0 Å². The van der Waals surface area contributed by atoms with Gasteiger partial charge in [0, 0.05) is 38.4 Å². The predicted molar refractivity (Wildman–Crippen MR) is 116 cm³/mol. The zero-order chi connectivity index (χ0) is 21.1. The topological polar surface area (TPSA) is 82.0 Å². The molecular formula is C24H30N4O2. The maximum Gasteiger partial charge on any atom is 0.202 e. The number of carbonyl (C=O) groups is 1. The summed E-state index contributed by atoms with van der Waals surface area (Å²) in [7, 11) is 0. The molecule has 2 fully saturated rings. The summed E-state index contributed by atoms with van der Waals surface area (Å²) >= 11 is 0. The lowest BCUT2D eigenvalue weighted by atomic mass is 9.75. The molecule has 0 saturated carbocycles. The van der Waals surface area contributed by atoms with Gasteiger partial charge in [-0.2, -0.15) is 5.26 Å². The van der Waals surface area contributed by atoms with Crippen LogP contribution in [-0.2, 0) is 16.6 Å². The molecule has 3 heterocycles. The van der Waals surface area contributed by atoms with Gasteiger partial charge in [-0.25, -0.2) is 4.98 Å². The van der Waals surface area contributed by atoms with Crippen LogP contribution < -0.4 is 4.90 Å². The zero-order valence-corrected chi connectivity index (χ0v) is 17.9. The van der Waals surface area contributed by atoms with Crippen molar-refractivity contribution in [2.75, 3.05) is 31.2 Å². The molecule has 2 aliphatic rings. The average Bonchev–Trinajstić information content (AvgIpc) is 3.25. The SMILES string of the molecule is CC1CCN(c2cc(C3(C)CCOCC3)ccc2CC(=O)c2ncc(C#N)[nH]2)CC1. The van der Waals surface area contributed by atoms with Crippen molar-refractivity contribution in [3.8, 4) is 6.07 Å². The fraction of sp³-hybridized carbons (Fsp3) is 0.542. The second-order valence-electron chi connectivity index (χ2n) is 9.04. The van der Waals surface area contributed by atoms with Crippen LogP contribution in [-0.4, -0.2) is 42.1 Å². The van der Waals surface area contributed by atoms with Gasteiger partial charge in [-0.3, -0.25) is 4.79 Å². The summed E-state index contributed by atoms with van der Waals surface area (Å²) in [6.07, 6.45) is 6.07. The molecule has 0 aliphatic carbocycles. The van der Waals surface area contributed by atoms with E-state index in [-0.39, 0.29) is 23.4 Å². The number of hydrogen-bond donors (Lipinski definition) is 1. The van der Waals surface area contributed by atoms with Gasteiger partial charge in [0.25, 0.3) is 0 Å². The smallest absolute Gasteiger partial charge is 0.202 e. The minimum Gasteiger partial charge on any atom is -0.381 e. The first-order valence-electron chi connectivity index (χ1n) is 10.9. The molecule has 4 rings (SSSR count). The van der Waals surface area contributed by atoms with Crippen LogP contribution in [0, 0.1) is 17.2 Å². The number of H-pyrrole nitrogens is 1. The maximum absolute atomic E-state index is 12.8. The molecule has 0 spiro atoms. The Morgan fingerprint density at radius 3 is 2.73 bits per heavy atom. The van der Waals surface area contributed by atoms with Gasteiger partial charge in [0.1, 0.15) is 11.8 Å². The molecule has 1 aromatic carbocycles. The van der Waals surface area contributed by atoms with Crippen LogP contribution in [0.3, 0.4) is 0 Å². The maximum atomic E-state index is 12.8. The number of ketones is 1. The number of benzene rings is 1. The standard InChI is InChI=1S/C24H30N4O2/c1-17-5-9-28(10-6-17)21-14-19(24(2)7-11-30-12-8-24)4-3-18(21)13-22(29)23-26-16-20(15-25)27-23/h3-4,14,16-17H,5-13H2,1-2H3,(H,26,27). The number of Topliss-reactive ketones (excluding diaryl/α,β-unsaturated/α-hetero) is 1. The minimum atomic E-state index is -0.0897. The monoisotopic (exact) mass is 406 g/mol. The molecule has 1 N–H and O–H groups in total. The molecule has 0 radical (unpaired) electrons. The fourth-order valence-corrected chi connectivity index (χ4v) is 4.52. The molecule has 2 saturated heterocycles. The van der Waals surface area contributed by atoms with Crippen molar-refractivity contribution in [3.63, 3.8) is 0 Å². The van der Waals surface area contributed by atoms with Crippen LogP contribution in [0.4, 0.5) is 5.69 Å². The van der Waals surface area contributed by atoms with Gasteiger partial charge in [0.05, 0.1) is 6.20 Å². The van der Waals surface area contributed by atoms with Crippen LogP contribution in [0.2, 0.25) is 0 Å². The van der Waals surface area contributed by atoms with Crippen LogP contribution >= 0.6 is 0 Å². The lowest BCUT2D eigenvalue weighted by molar-refractivity contribution is 0.0564. The second-order valence-corrected chi connectivity index (χ2v) is 9.04. The van der Waals surface area contributed by atoms with Crippen LogP contribution in [0.5, 0.6) is 0 Å². The van der Waals surface area contributed by atoms with E-state index in [0.717, 1.165) is 50.6 Å². The highest BCUT2D eigenvalue weighted by Crippen LogP contribution is 2.38. The van der Waals surface area contributed by atoms with E-state index in [1.54, 1.807) is 0 Å². The van der Waals surface area contributed by atoms with E-state index >= 15 is 0 Å². The number of nitrogens with zero attached hydrogens (tertiary/aromatic N) is 3. The van der Waals surface area contributed by atoms with Crippen molar-refractivity contribution in [1.82, 2.24) is 9.97 Å². The first-order chi connectivity index (χ1) is 14.5. The van der Waals surface area contributed by atoms with E-state index in [9.17, 15) is 4.79 Å². The van der Waals surface area contributed by atoms with Gasteiger partial charge in [-0.05, 0) is 54.2 Å². The Labute approximate surface area is 178 Å². The Morgan fingerprint density at radius 1 is 1.33 bits per heavy atom. The third-order valence-electron chi connectivity index (χ3n) is 6.81. The highest BCUT2D eigenvalue weighted by molar-refractivity contribution is 5.95. The summed E-state index contributed by atoms with van der Waals surface area (Å²) in [5.74, 6) is 0.911. The van der Waals surface area contributed by atoms with Crippen LogP contribution in [0.15, 0.2) is 24.4 Å². The Hall–Kier alpha value is -2.65. The highest BCUT2D eigenvalue weighted by atomic mass is 16.5. The summed E-state index contributed by atoms with van der Waals surface area (Å²) in [4.78, 5) is 22.2. The molecule has 6 nitrogen and oxygen atoms in total. The summed E-state index contributed by atoms with van der Waals surface area (Å²) in [6, 6.07) is 8.61. The molecule has 2 aromatic rings. The number of rotatable bonds is 5. The van der Waals surface area contributed by atoms with E-state index in [2.05, 4.69) is 46.9 Å². The van der Waals surface area contributed by atoms with E-state index in [4.69, 9.17) is 10.00 Å². The van der Waals surface area contributed by atoms with Gasteiger partial charge in [0.15, 0.2) is 5.82 Å². The Bertz CT molecular complexity index is 944. The average molecular weight is 407 g/mol. The number of ether oxygens (including phenoxy) is 1. The number of aromatic nitrogens is 2. The van der Waals surface area contributed by atoms with Crippen molar-refractivity contribution >= 4 is 11.5 Å². The van der Waals surface area contributed by atoms with E-state index in [1.165, 1.54) is 30.3 Å². The second kappa shape index (κ2) is 8.61. The third-order valence-corrected chi connectivity index (χ3v) is 6.81. The third kappa shape index (κ3) is 4.27. The van der Waals surface area contributed by atoms with Crippen molar-refractivity contribution in [2.24, 2.45) is 5.92 Å². The van der Waals surface area contributed by atoms with E-state index in [0.29, 0.717) is 5.69 Å². The normalized spacial score (nSPS) is 19.4. The number of aromatic amines is 1. The van der Waals surface area contributed by atoms with Crippen molar-refractivity contribution in [3.05, 3.63) is 47.0 Å². The summed E-state index contributed by atoms with van der Waals surface area (Å²) in [5, 5.41) is 8.99. The molecule has 0 amide bonds. The molecule has 30 heavy (non-hydrogen) atoms. The molecule has 0 atom stereocenters. The molecule has 1 aromatic heterocycles. The quantitative estimate of drug-likeness (QED) is 0.759. The summed E-state index contributed by atoms with van der Waals surface area (Å²) in [5.41, 5.74) is 3.96. The number of carbonyl (C=O) groups excluding carboxylic acids is 1. The number of nitrogens with one attached hydrogen (secondary N) is 1. The molecule has 2 aliphatic heterocycles. The fourth-order valence-electron chi connectivity index (χ4n) is 4.52. The zero-order valence-electron chi connectivity index (χ0n) is 17.9. The van der Waals surface area contributed by atoms with Gasteiger partial charge in [0.2, 0.25) is 5.78 Å². The van der Waals surface area contributed by atoms with Crippen LogP contribution in [0.25, 0.3) is 0 Å². The van der Waals surface area contributed by atoms with Crippen LogP contribution in [0.1, 0.15) is 67.0 Å². The molecule has 0 unspecified atom stereocenters. The summed E-state index contributed by atoms with van der Waals surface area (Å²) < 4.78 is 5.59. The largest absolute Gasteiger partial charge is 0.381 e. The first-order valence-corrected chi connectivity index (χ1v) is 10.9. The Kier molecular flexibility index (Phi) is 5.92. The minimum absolute atomic E-state index is 0.0897. The van der Waals surface area contributed by atoms with Crippen molar-refractivity contribution < 1.29 is 9.53 Å². The van der Waals surface area contributed by atoms with Gasteiger partial charge < -0.3 is 14.6 Å². The molecule has 0 bridgehead atoms. The lowest BCUT2D eigenvalue weighted by Gasteiger charge is -2.37. The number of hydrogen-bond acceptors (Lipinski definition) is 5. The highest BCUT2D eigenvalue weighted by Gasteiger charge is 2.31. The van der Waals surface area contributed by atoms with Gasteiger partial charge >= 0.3 is 0 Å². The predicted octanol–water partition coefficient (Wildman–Crippen LogP) is 4.01. The first kappa shape index (κ1) is 20.6. The van der Waals surface area contributed by atoms with E-state index in [1.807, 2.05) is 6.07 Å². The number of nitriles is 1. The number of imidazole rings is 1.